The summed E-state index contributed by atoms with van der Waals surface area (Å²) < 4.78 is 5.41. The van der Waals surface area contributed by atoms with Gasteiger partial charge in [-0.1, -0.05) is 19.9 Å². The molecule has 0 aliphatic rings. The molecule has 0 unspecified atom stereocenters. The fourth-order valence-electron chi connectivity index (χ4n) is 2.13. The van der Waals surface area contributed by atoms with Gasteiger partial charge in [-0.25, -0.2) is 4.79 Å². The summed E-state index contributed by atoms with van der Waals surface area (Å²) >= 11 is 0. The molecule has 0 saturated carbocycles. The molecule has 98 valence electrons. The standard InChI is InChI=1S/C15H20O3/c1-9(2)12(8-14(16)17)13-7-10(3)6-11(4)15(13)18-5/h6-9H,1-5H3,(H,16,17)/b12-8+. The quantitative estimate of drug-likeness (QED) is 0.830. The predicted octanol–water partition coefficient (Wildman–Crippen LogP) is 3.44. The van der Waals surface area contributed by atoms with E-state index in [0.717, 1.165) is 28.0 Å². The second-order valence-electron chi connectivity index (χ2n) is 4.76. The van der Waals surface area contributed by atoms with Crippen LogP contribution in [0.3, 0.4) is 0 Å². The lowest BCUT2D eigenvalue weighted by Crippen LogP contribution is -2.03. The topological polar surface area (TPSA) is 46.5 Å². The number of carbonyl (C=O) groups is 1. The lowest BCUT2D eigenvalue weighted by Gasteiger charge is -2.17. The Morgan fingerprint density at radius 1 is 1.33 bits per heavy atom. The molecule has 1 rings (SSSR count). The average Bonchev–Trinajstić information content (AvgIpc) is 2.24. The van der Waals surface area contributed by atoms with Crippen LogP contribution in [0.5, 0.6) is 5.75 Å². The number of benzene rings is 1. The van der Waals surface area contributed by atoms with E-state index in [0.29, 0.717) is 0 Å². The van der Waals surface area contributed by atoms with E-state index in [4.69, 9.17) is 9.84 Å². The Hall–Kier alpha value is -1.77. The van der Waals surface area contributed by atoms with Crippen LogP contribution in [0.15, 0.2) is 18.2 Å². The van der Waals surface area contributed by atoms with Crippen LogP contribution in [-0.2, 0) is 4.79 Å². The number of hydrogen-bond acceptors (Lipinski definition) is 2. The van der Waals surface area contributed by atoms with Crippen molar-refractivity contribution in [2.45, 2.75) is 27.7 Å². The number of carboxylic acids is 1. The van der Waals surface area contributed by atoms with Gasteiger partial charge in [0.2, 0.25) is 0 Å². The van der Waals surface area contributed by atoms with Crippen molar-refractivity contribution < 1.29 is 14.6 Å². The molecular formula is C15H20O3. The minimum absolute atomic E-state index is 0.121. The van der Waals surface area contributed by atoms with Crippen molar-refractivity contribution in [3.63, 3.8) is 0 Å². The fourth-order valence-corrected chi connectivity index (χ4v) is 2.13. The Morgan fingerprint density at radius 2 is 1.94 bits per heavy atom. The first kappa shape index (κ1) is 14.3. The summed E-state index contributed by atoms with van der Waals surface area (Å²) in [5.41, 5.74) is 3.77. The van der Waals surface area contributed by atoms with E-state index in [1.807, 2.05) is 39.8 Å². The van der Waals surface area contributed by atoms with Gasteiger partial charge < -0.3 is 9.84 Å². The molecule has 1 N–H and O–H groups in total. The Kier molecular flexibility index (Phi) is 4.54. The maximum absolute atomic E-state index is 10.9. The van der Waals surface area contributed by atoms with Gasteiger partial charge in [-0.15, -0.1) is 0 Å². The molecule has 0 aliphatic heterocycles. The summed E-state index contributed by atoms with van der Waals surface area (Å²) in [4.78, 5) is 10.9. The van der Waals surface area contributed by atoms with Gasteiger partial charge in [0.1, 0.15) is 5.75 Å². The highest BCUT2D eigenvalue weighted by Crippen LogP contribution is 2.34. The van der Waals surface area contributed by atoms with Crippen LogP contribution < -0.4 is 4.74 Å². The van der Waals surface area contributed by atoms with Gasteiger partial charge in [0.15, 0.2) is 0 Å². The minimum atomic E-state index is -0.931. The molecule has 0 aromatic heterocycles. The highest BCUT2D eigenvalue weighted by atomic mass is 16.5. The molecule has 3 heteroatoms. The zero-order chi connectivity index (χ0) is 13.9. The Morgan fingerprint density at radius 3 is 2.39 bits per heavy atom. The van der Waals surface area contributed by atoms with E-state index < -0.39 is 5.97 Å². The monoisotopic (exact) mass is 248 g/mol. The number of ether oxygens (including phenoxy) is 1. The van der Waals surface area contributed by atoms with Crippen LogP contribution in [0.25, 0.3) is 5.57 Å². The van der Waals surface area contributed by atoms with Gasteiger partial charge in [-0.2, -0.15) is 0 Å². The van der Waals surface area contributed by atoms with Gasteiger partial charge in [0, 0.05) is 11.6 Å². The highest BCUT2D eigenvalue weighted by Gasteiger charge is 2.15. The molecule has 3 nitrogen and oxygen atoms in total. The first-order valence-corrected chi connectivity index (χ1v) is 5.97. The lowest BCUT2D eigenvalue weighted by atomic mass is 9.91. The number of aliphatic carboxylic acids is 1. The van der Waals surface area contributed by atoms with Crippen molar-refractivity contribution >= 4 is 11.5 Å². The van der Waals surface area contributed by atoms with Crippen molar-refractivity contribution in [2.24, 2.45) is 5.92 Å². The predicted molar refractivity (Wildman–Crippen MR) is 72.9 cm³/mol. The van der Waals surface area contributed by atoms with Crippen LogP contribution in [0.1, 0.15) is 30.5 Å². The third kappa shape index (κ3) is 3.13. The van der Waals surface area contributed by atoms with Crippen LogP contribution in [-0.4, -0.2) is 18.2 Å². The first-order chi connectivity index (χ1) is 8.36. The number of hydrogen-bond donors (Lipinski definition) is 1. The van der Waals surface area contributed by atoms with Gasteiger partial charge in [-0.3, -0.25) is 0 Å². The number of aryl methyl sites for hydroxylation is 2. The molecule has 0 aliphatic carbocycles. The summed E-state index contributed by atoms with van der Waals surface area (Å²) in [6, 6.07) is 4.00. The van der Waals surface area contributed by atoms with E-state index in [-0.39, 0.29) is 5.92 Å². The van der Waals surface area contributed by atoms with Gasteiger partial charge in [0.25, 0.3) is 0 Å². The van der Waals surface area contributed by atoms with Crippen molar-refractivity contribution in [3.8, 4) is 5.75 Å². The fraction of sp³-hybridized carbons (Fsp3) is 0.400. The van der Waals surface area contributed by atoms with Gasteiger partial charge >= 0.3 is 5.97 Å². The summed E-state index contributed by atoms with van der Waals surface area (Å²) in [5.74, 6) is -0.0575. The Balaban J connectivity index is 3.50. The van der Waals surface area contributed by atoms with E-state index in [1.54, 1.807) is 7.11 Å². The van der Waals surface area contributed by atoms with E-state index in [1.165, 1.54) is 6.08 Å². The van der Waals surface area contributed by atoms with Crippen LogP contribution in [0, 0.1) is 19.8 Å². The molecule has 18 heavy (non-hydrogen) atoms. The highest BCUT2D eigenvalue weighted by molar-refractivity contribution is 5.91. The molecule has 0 bridgehead atoms. The molecule has 0 amide bonds. The van der Waals surface area contributed by atoms with E-state index in [9.17, 15) is 4.79 Å². The Labute approximate surface area is 108 Å². The summed E-state index contributed by atoms with van der Waals surface area (Å²) in [6.45, 7) is 7.92. The third-order valence-corrected chi connectivity index (χ3v) is 2.84. The molecule has 1 aromatic rings. The minimum Gasteiger partial charge on any atom is -0.496 e. The zero-order valence-electron chi connectivity index (χ0n) is 11.6. The van der Waals surface area contributed by atoms with Crippen molar-refractivity contribution in [1.82, 2.24) is 0 Å². The molecule has 0 radical (unpaired) electrons. The van der Waals surface area contributed by atoms with Crippen LogP contribution >= 0.6 is 0 Å². The molecule has 0 heterocycles. The van der Waals surface area contributed by atoms with Gasteiger partial charge in [0.05, 0.1) is 7.11 Å². The van der Waals surface area contributed by atoms with Gasteiger partial charge in [-0.05, 0) is 42.5 Å². The summed E-state index contributed by atoms with van der Waals surface area (Å²) in [6.07, 6.45) is 1.27. The van der Waals surface area contributed by atoms with E-state index in [2.05, 4.69) is 0 Å². The number of carboxylic acid groups (broad SMARTS) is 1. The normalized spacial score (nSPS) is 11.8. The Bertz CT molecular complexity index is 485. The first-order valence-electron chi connectivity index (χ1n) is 5.97. The largest absolute Gasteiger partial charge is 0.496 e. The van der Waals surface area contributed by atoms with Crippen LogP contribution in [0.2, 0.25) is 0 Å². The lowest BCUT2D eigenvalue weighted by molar-refractivity contribution is -0.131. The average molecular weight is 248 g/mol. The van der Waals surface area contributed by atoms with Crippen molar-refractivity contribution in [2.75, 3.05) is 7.11 Å². The number of methoxy groups -OCH3 is 1. The summed E-state index contributed by atoms with van der Waals surface area (Å²) in [5, 5.41) is 8.98. The number of rotatable bonds is 4. The van der Waals surface area contributed by atoms with Crippen molar-refractivity contribution in [1.29, 1.82) is 0 Å². The van der Waals surface area contributed by atoms with Crippen LogP contribution in [0.4, 0.5) is 0 Å². The maximum atomic E-state index is 10.9. The molecule has 0 saturated heterocycles. The second kappa shape index (κ2) is 5.71. The van der Waals surface area contributed by atoms with Crippen molar-refractivity contribution in [3.05, 3.63) is 34.9 Å². The molecular weight excluding hydrogens is 228 g/mol. The molecule has 1 aromatic carbocycles. The SMILES string of the molecule is COc1c(C)cc(C)cc1/C(=C/C(=O)O)C(C)C. The summed E-state index contributed by atoms with van der Waals surface area (Å²) in [7, 11) is 1.61. The molecule has 0 atom stereocenters. The molecule has 0 spiro atoms. The zero-order valence-corrected chi connectivity index (χ0v) is 11.6. The van der Waals surface area contributed by atoms with E-state index >= 15 is 0 Å². The number of allylic oxidation sites excluding steroid dienone is 1. The third-order valence-electron chi connectivity index (χ3n) is 2.84. The molecule has 0 fully saturated rings. The smallest absolute Gasteiger partial charge is 0.328 e. The maximum Gasteiger partial charge on any atom is 0.328 e. The second-order valence-corrected chi connectivity index (χ2v) is 4.76.